The molecule has 17 atom stereocenters. The van der Waals surface area contributed by atoms with E-state index in [1.54, 1.807) is 6.08 Å². The highest BCUT2D eigenvalue weighted by molar-refractivity contribution is 5.86. The lowest BCUT2D eigenvalue weighted by Crippen LogP contribution is -2.85. The minimum Gasteiger partial charge on any atom is -0.454 e. The molecular formula is C47H69NO9. The third kappa shape index (κ3) is 5.59. The summed E-state index contributed by atoms with van der Waals surface area (Å²) < 4.78 is 6.14. The van der Waals surface area contributed by atoms with Crippen LogP contribution in [0.3, 0.4) is 0 Å². The van der Waals surface area contributed by atoms with Gasteiger partial charge in [-0.1, -0.05) is 71.2 Å². The Morgan fingerprint density at radius 3 is 2.39 bits per heavy atom. The summed E-state index contributed by atoms with van der Waals surface area (Å²) in [5, 5.41) is 79.9. The first-order valence-electron chi connectivity index (χ1n) is 22.4. The van der Waals surface area contributed by atoms with Crippen molar-refractivity contribution in [3.8, 4) is 0 Å². The molecule has 1 heterocycles. The maximum atomic E-state index is 14.2. The number of likely N-dealkylation sites (N-methyl/N-ethyl adjacent to an activating group) is 1. The van der Waals surface area contributed by atoms with Gasteiger partial charge in [0.15, 0.2) is 0 Å². The summed E-state index contributed by atoms with van der Waals surface area (Å²) in [6.45, 7) is 8.32. The van der Waals surface area contributed by atoms with Crippen LogP contribution in [0.1, 0.15) is 116 Å². The Hall–Kier alpha value is -2.18. The van der Waals surface area contributed by atoms with Crippen molar-refractivity contribution in [3.63, 3.8) is 0 Å². The molecule has 57 heavy (non-hydrogen) atoms. The summed E-state index contributed by atoms with van der Waals surface area (Å²) in [4.78, 5) is 27.5. The Balaban J connectivity index is 1.23. The number of fused-ring (bicyclic) bond motifs is 8. The molecule has 10 heteroatoms. The number of carbonyl (C=O) groups is 2. The van der Waals surface area contributed by atoms with Crippen molar-refractivity contribution in [1.82, 2.24) is 5.32 Å². The minimum atomic E-state index is -2.15. The van der Waals surface area contributed by atoms with Gasteiger partial charge < -0.3 is 45.5 Å². The van der Waals surface area contributed by atoms with E-state index in [1.165, 1.54) is 0 Å². The van der Waals surface area contributed by atoms with E-state index in [0.29, 0.717) is 44.9 Å². The lowest BCUT2D eigenvalue weighted by atomic mass is 9.34. The Labute approximate surface area is 338 Å². The van der Waals surface area contributed by atoms with Gasteiger partial charge >= 0.3 is 5.97 Å². The zero-order chi connectivity index (χ0) is 40.9. The van der Waals surface area contributed by atoms with E-state index in [4.69, 9.17) is 4.74 Å². The lowest BCUT2D eigenvalue weighted by molar-refractivity contribution is -0.377. The summed E-state index contributed by atoms with van der Waals surface area (Å²) in [7, 11) is 1.90. The minimum absolute atomic E-state index is 0.0769. The number of esters is 1. The number of aliphatic hydroxyl groups is 6. The second kappa shape index (κ2) is 14.8. The number of ether oxygens (including phenoxy) is 1. The zero-order valence-electron chi connectivity index (χ0n) is 34.8. The van der Waals surface area contributed by atoms with E-state index >= 15 is 0 Å². The quantitative estimate of drug-likeness (QED) is 0.0951. The number of rotatable bonds is 11. The van der Waals surface area contributed by atoms with Gasteiger partial charge in [-0.3, -0.25) is 0 Å². The molecule has 0 spiro atoms. The van der Waals surface area contributed by atoms with Gasteiger partial charge in [0, 0.05) is 41.2 Å². The summed E-state index contributed by atoms with van der Waals surface area (Å²) in [5.74, 6) is -3.59. The van der Waals surface area contributed by atoms with Crippen molar-refractivity contribution in [2.45, 2.75) is 159 Å². The number of aldehydes is 1. The molecule has 0 amide bonds. The molecule has 0 bridgehead atoms. The van der Waals surface area contributed by atoms with E-state index in [-0.39, 0.29) is 61.0 Å². The summed E-state index contributed by atoms with van der Waals surface area (Å²) in [5.41, 5.74) is -5.59. The van der Waals surface area contributed by atoms with Gasteiger partial charge in [0.1, 0.15) is 23.6 Å². The molecule has 0 radical (unpaired) electrons. The van der Waals surface area contributed by atoms with Gasteiger partial charge in [-0.2, -0.15) is 0 Å². The highest BCUT2D eigenvalue weighted by Crippen LogP contribution is 2.77. The van der Waals surface area contributed by atoms with Crippen LogP contribution in [0, 0.1) is 64.1 Å². The molecule has 6 fully saturated rings. The second-order valence-corrected chi connectivity index (χ2v) is 20.5. The Morgan fingerprint density at radius 2 is 1.72 bits per heavy atom. The number of nitrogens with one attached hydrogen (secondary N) is 1. The van der Waals surface area contributed by atoms with Gasteiger partial charge in [0.25, 0.3) is 0 Å². The fraction of sp³-hybridized carbons (Fsp3) is 0.787. The van der Waals surface area contributed by atoms with Gasteiger partial charge in [-0.25, -0.2) is 4.79 Å². The van der Waals surface area contributed by atoms with E-state index < -0.39 is 69.7 Å². The van der Waals surface area contributed by atoms with Crippen molar-refractivity contribution in [1.29, 1.82) is 0 Å². The van der Waals surface area contributed by atoms with Gasteiger partial charge in [0.05, 0.1) is 29.8 Å². The lowest BCUT2D eigenvalue weighted by Gasteiger charge is -2.73. The molecule has 0 saturated heterocycles. The Kier molecular flexibility index (Phi) is 10.8. The molecule has 6 aliphatic carbocycles. The van der Waals surface area contributed by atoms with E-state index in [0.717, 1.165) is 48.7 Å². The molecule has 8 rings (SSSR count). The van der Waals surface area contributed by atoms with Crippen LogP contribution >= 0.6 is 0 Å². The number of hydrogen-bond donors (Lipinski definition) is 7. The summed E-state index contributed by atoms with van der Waals surface area (Å²) in [6.07, 6.45) is 7.05. The summed E-state index contributed by atoms with van der Waals surface area (Å²) in [6, 6.07) is 7.65. The van der Waals surface area contributed by atoms with Crippen molar-refractivity contribution in [2.75, 3.05) is 7.05 Å². The molecule has 316 valence electrons. The highest BCUT2D eigenvalue weighted by atomic mass is 16.5. The van der Waals surface area contributed by atoms with Crippen LogP contribution < -0.4 is 5.32 Å². The number of hydrogen-bond acceptors (Lipinski definition) is 10. The van der Waals surface area contributed by atoms with Gasteiger partial charge in [-0.05, 0) is 118 Å². The maximum Gasteiger partial charge on any atom is 0.331 e. The van der Waals surface area contributed by atoms with E-state index in [9.17, 15) is 40.2 Å². The van der Waals surface area contributed by atoms with Gasteiger partial charge in [0.2, 0.25) is 0 Å². The standard InChI is InChI=1S/C47H69NO9/c1-6-7-8-12-29-22-44(25-50)37-16-17-43(4)39-31(18-32(41-33(39)21-38(51)57-41)36(48-5)20-28-11-9-10-13-30(28)24-49)23-45(43,54)47(37,56)42(53)35-19-27(26(2)3)14-15-34(40(29)52)46(35,44)55/h9-11,13,21,25-27,29,31-32,34-37,39-42,48-49,52-56H,6-8,12,14-20,22-24H2,1-5H3/t27-,29-,31-,32-,34+,35-,36+,37+,39+,40+,41+,42+,43+,44-,45-,46-,47-/m1/s1. The molecule has 10 nitrogen and oxygen atoms in total. The third-order valence-electron chi connectivity index (χ3n) is 18.2. The molecule has 1 aromatic rings. The SMILES string of the molecule is CCCCC[C@@H]1C[C@@]2(C=O)[C@@H]3CC[C@@]4(C)[C@@H]5C6=CC(=O)O[C@H]6[C@@H]([C@H](Cc6ccccc6CO)NC)C[C@@H]5C[C@]4(O)[C@]3(O)[C@@H](O)[C@H]3C[C@H](C(C)C)CC[C@@H]([C@H]1O)[C@@]32O. The third-order valence-corrected chi connectivity index (χ3v) is 18.2. The Morgan fingerprint density at radius 1 is 0.982 bits per heavy atom. The first kappa shape index (κ1) is 41.5. The van der Waals surface area contributed by atoms with Crippen LogP contribution in [0.15, 0.2) is 35.9 Å². The number of unbranched alkanes of at least 4 members (excludes halogenated alkanes) is 2. The highest BCUT2D eigenvalue weighted by Gasteiger charge is 2.85. The number of aliphatic hydroxyl groups excluding tert-OH is 3. The molecule has 6 saturated carbocycles. The van der Waals surface area contributed by atoms with E-state index in [2.05, 4.69) is 26.1 Å². The molecule has 7 aliphatic rings. The predicted octanol–water partition coefficient (Wildman–Crippen LogP) is 4.64. The van der Waals surface area contributed by atoms with Crippen LogP contribution in [-0.2, 0) is 27.4 Å². The molecular weight excluding hydrogens is 723 g/mol. The fourth-order valence-corrected chi connectivity index (χ4v) is 15.5. The Bertz CT molecular complexity index is 1730. The molecule has 1 aromatic carbocycles. The van der Waals surface area contributed by atoms with Crippen molar-refractivity contribution >= 4 is 12.3 Å². The van der Waals surface area contributed by atoms with Crippen molar-refractivity contribution in [3.05, 3.63) is 47.0 Å². The zero-order valence-corrected chi connectivity index (χ0v) is 34.8. The van der Waals surface area contributed by atoms with Crippen LogP contribution in [0.2, 0.25) is 0 Å². The smallest absolute Gasteiger partial charge is 0.331 e. The predicted molar refractivity (Wildman–Crippen MR) is 214 cm³/mol. The fourth-order valence-electron chi connectivity index (χ4n) is 15.5. The monoisotopic (exact) mass is 791 g/mol. The first-order chi connectivity index (χ1) is 27.1. The first-order valence-corrected chi connectivity index (χ1v) is 22.4. The van der Waals surface area contributed by atoms with Crippen LogP contribution in [0.25, 0.3) is 0 Å². The largest absolute Gasteiger partial charge is 0.454 e. The second-order valence-electron chi connectivity index (χ2n) is 20.5. The van der Waals surface area contributed by atoms with Crippen LogP contribution in [0.5, 0.6) is 0 Å². The molecule has 7 N–H and O–H groups in total. The van der Waals surface area contributed by atoms with Crippen LogP contribution in [-0.4, -0.2) is 91.1 Å². The topological polar surface area (TPSA) is 177 Å². The van der Waals surface area contributed by atoms with E-state index in [1.807, 2.05) is 38.2 Å². The average molecular weight is 792 g/mol. The molecule has 1 aliphatic heterocycles. The average Bonchev–Trinajstić information content (AvgIpc) is 3.62. The van der Waals surface area contributed by atoms with Crippen molar-refractivity contribution in [2.24, 2.45) is 64.1 Å². The van der Waals surface area contributed by atoms with Gasteiger partial charge in [-0.15, -0.1) is 0 Å². The number of benzene rings is 1. The molecule has 0 aromatic heterocycles. The normalized spacial score (nSPS) is 47.8. The van der Waals surface area contributed by atoms with Crippen LogP contribution in [0.4, 0.5) is 0 Å². The van der Waals surface area contributed by atoms with Crippen molar-refractivity contribution < 1.29 is 45.0 Å². The number of carbonyl (C=O) groups excluding carboxylic acids is 2. The molecule has 0 unspecified atom stereocenters. The summed E-state index contributed by atoms with van der Waals surface area (Å²) >= 11 is 0. The maximum absolute atomic E-state index is 14.2.